The summed E-state index contributed by atoms with van der Waals surface area (Å²) in [4.78, 5) is 24.5. The van der Waals surface area contributed by atoms with Gasteiger partial charge in [-0.3, -0.25) is 4.79 Å². The number of para-hydroxylation sites is 2. The number of esters is 1. The minimum Gasteiger partial charge on any atom is -0.452 e. The van der Waals surface area contributed by atoms with Gasteiger partial charge in [-0.05, 0) is 31.2 Å². The van der Waals surface area contributed by atoms with Crippen LogP contribution < -0.4 is 10.6 Å². The fraction of sp³-hybridized carbons (Fsp3) is 0.150. The van der Waals surface area contributed by atoms with E-state index in [1.165, 1.54) is 0 Å². The van der Waals surface area contributed by atoms with Crippen LogP contribution >= 0.6 is 0 Å². The van der Waals surface area contributed by atoms with Crippen LogP contribution in [0.25, 0.3) is 5.69 Å². The number of benzene rings is 2. The molecule has 7 heteroatoms. The van der Waals surface area contributed by atoms with Crippen LogP contribution in [0, 0.1) is 6.92 Å². The highest BCUT2D eigenvalue weighted by Crippen LogP contribution is 2.17. The first-order chi connectivity index (χ1) is 13.1. The molecule has 2 aromatic carbocycles. The highest BCUT2D eigenvalue weighted by molar-refractivity contribution is 5.98. The van der Waals surface area contributed by atoms with Crippen molar-refractivity contribution in [3.63, 3.8) is 0 Å². The largest absolute Gasteiger partial charge is 0.452 e. The van der Waals surface area contributed by atoms with Gasteiger partial charge in [0.15, 0.2) is 6.61 Å². The second-order valence-electron chi connectivity index (χ2n) is 5.84. The van der Waals surface area contributed by atoms with Gasteiger partial charge >= 0.3 is 5.97 Å². The number of nitrogens with one attached hydrogen (secondary N) is 2. The summed E-state index contributed by atoms with van der Waals surface area (Å²) in [6.45, 7) is 1.44. The van der Waals surface area contributed by atoms with Crippen LogP contribution in [-0.4, -0.2) is 35.3 Å². The van der Waals surface area contributed by atoms with Gasteiger partial charge in [0.05, 0.1) is 16.9 Å². The highest BCUT2D eigenvalue weighted by atomic mass is 16.5. The standard InChI is InChI=1S/C20H20N4O3/c1-14-12-18(24(23-14)15-8-4-3-5-9-15)22-19(25)13-27-20(26)16-10-6-7-11-17(16)21-2/h3-12,21H,13H2,1-2H3,(H,22,25). The van der Waals surface area contributed by atoms with E-state index in [4.69, 9.17) is 4.74 Å². The van der Waals surface area contributed by atoms with E-state index in [2.05, 4.69) is 15.7 Å². The molecule has 7 nitrogen and oxygen atoms in total. The third-order valence-electron chi connectivity index (χ3n) is 3.85. The lowest BCUT2D eigenvalue weighted by Crippen LogP contribution is -2.22. The van der Waals surface area contributed by atoms with E-state index in [1.54, 1.807) is 36.0 Å². The zero-order valence-corrected chi connectivity index (χ0v) is 15.1. The van der Waals surface area contributed by atoms with Crippen LogP contribution in [0.5, 0.6) is 0 Å². The van der Waals surface area contributed by atoms with Gasteiger partial charge in [0, 0.05) is 18.8 Å². The second-order valence-corrected chi connectivity index (χ2v) is 5.84. The Morgan fingerprint density at radius 2 is 1.78 bits per heavy atom. The second kappa shape index (κ2) is 8.18. The third kappa shape index (κ3) is 4.33. The number of rotatable bonds is 6. The molecule has 2 N–H and O–H groups in total. The van der Waals surface area contributed by atoms with E-state index in [1.807, 2.05) is 43.3 Å². The molecule has 0 saturated carbocycles. The maximum atomic E-state index is 12.3. The van der Waals surface area contributed by atoms with Crippen LogP contribution in [0.2, 0.25) is 0 Å². The summed E-state index contributed by atoms with van der Waals surface area (Å²) in [5.41, 5.74) is 2.59. The molecule has 0 bridgehead atoms. The van der Waals surface area contributed by atoms with E-state index >= 15 is 0 Å². The zero-order valence-electron chi connectivity index (χ0n) is 15.1. The van der Waals surface area contributed by atoms with Crippen molar-refractivity contribution in [2.45, 2.75) is 6.92 Å². The molecule has 0 radical (unpaired) electrons. The van der Waals surface area contributed by atoms with Crippen LogP contribution in [0.1, 0.15) is 16.1 Å². The Hall–Kier alpha value is -3.61. The van der Waals surface area contributed by atoms with Crippen molar-refractivity contribution in [2.75, 3.05) is 24.3 Å². The van der Waals surface area contributed by atoms with E-state index < -0.39 is 18.5 Å². The molecule has 27 heavy (non-hydrogen) atoms. The number of anilines is 2. The number of nitrogens with zero attached hydrogens (tertiary/aromatic N) is 2. The molecule has 0 saturated heterocycles. The van der Waals surface area contributed by atoms with Gasteiger partial charge in [0.25, 0.3) is 5.91 Å². The zero-order chi connectivity index (χ0) is 19.2. The Morgan fingerprint density at radius 3 is 2.52 bits per heavy atom. The van der Waals surface area contributed by atoms with Crippen LogP contribution in [-0.2, 0) is 9.53 Å². The van der Waals surface area contributed by atoms with Crippen molar-refractivity contribution in [3.8, 4) is 5.69 Å². The molecule has 1 aromatic heterocycles. The summed E-state index contributed by atoms with van der Waals surface area (Å²) in [7, 11) is 1.71. The van der Waals surface area contributed by atoms with Crippen LogP contribution in [0.3, 0.4) is 0 Å². The van der Waals surface area contributed by atoms with Crippen molar-refractivity contribution in [2.24, 2.45) is 0 Å². The number of hydrogen-bond acceptors (Lipinski definition) is 5. The molecule has 0 atom stereocenters. The number of ether oxygens (including phenoxy) is 1. The number of carbonyl (C=O) groups excluding carboxylic acids is 2. The Labute approximate surface area is 157 Å². The predicted molar refractivity (Wildman–Crippen MR) is 103 cm³/mol. The average Bonchev–Trinajstić information content (AvgIpc) is 3.06. The summed E-state index contributed by atoms with van der Waals surface area (Å²) in [5.74, 6) is -0.499. The summed E-state index contributed by atoms with van der Waals surface area (Å²) in [5, 5.41) is 10.0. The summed E-state index contributed by atoms with van der Waals surface area (Å²) in [6, 6.07) is 18.1. The molecule has 3 rings (SSSR count). The van der Waals surface area contributed by atoms with Gasteiger partial charge in [-0.1, -0.05) is 30.3 Å². The average molecular weight is 364 g/mol. The quantitative estimate of drug-likeness (QED) is 0.657. The third-order valence-corrected chi connectivity index (χ3v) is 3.85. The molecule has 0 unspecified atom stereocenters. The maximum Gasteiger partial charge on any atom is 0.340 e. The molecule has 0 spiro atoms. The molecule has 0 aliphatic carbocycles. The first-order valence-electron chi connectivity index (χ1n) is 8.44. The SMILES string of the molecule is CNc1ccccc1C(=O)OCC(=O)Nc1cc(C)nn1-c1ccccc1. The molecule has 1 amide bonds. The molecule has 0 aliphatic rings. The van der Waals surface area contributed by atoms with Gasteiger partial charge in [-0.25, -0.2) is 9.48 Å². The summed E-state index contributed by atoms with van der Waals surface area (Å²) in [6.07, 6.45) is 0. The smallest absolute Gasteiger partial charge is 0.340 e. The number of carbonyl (C=O) groups is 2. The predicted octanol–water partition coefficient (Wildman–Crippen LogP) is 3.02. The lowest BCUT2D eigenvalue weighted by atomic mass is 10.2. The van der Waals surface area contributed by atoms with Gasteiger partial charge in [-0.2, -0.15) is 5.10 Å². The van der Waals surface area contributed by atoms with Gasteiger partial charge in [0.2, 0.25) is 0 Å². The molecule has 0 fully saturated rings. The molecule has 0 aliphatic heterocycles. The topological polar surface area (TPSA) is 85.2 Å². The maximum absolute atomic E-state index is 12.3. The summed E-state index contributed by atoms with van der Waals surface area (Å²) < 4.78 is 6.77. The molecule has 138 valence electrons. The van der Waals surface area contributed by atoms with E-state index in [9.17, 15) is 9.59 Å². The Kier molecular flexibility index (Phi) is 5.51. The van der Waals surface area contributed by atoms with Crippen molar-refractivity contribution < 1.29 is 14.3 Å². The van der Waals surface area contributed by atoms with Crippen molar-refractivity contribution in [1.82, 2.24) is 9.78 Å². The normalized spacial score (nSPS) is 10.3. The van der Waals surface area contributed by atoms with E-state index in [0.29, 0.717) is 17.1 Å². The lowest BCUT2D eigenvalue weighted by molar-refractivity contribution is -0.119. The Bertz CT molecular complexity index is 951. The number of aromatic nitrogens is 2. The highest BCUT2D eigenvalue weighted by Gasteiger charge is 2.15. The van der Waals surface area contributed by atoms with Crippen LogP contribution in [0.15, 0.2) is 60.7 Å². The van der Waals surface area contributed by atoms with Crippen LogP contribution in [0.4, 0.5) is 11.5 Å². The first-order valence-corrected chi connectivity index (χ1v) is 8.44. The van der Waals surface area contributed by atoms with Crippen molar-refractivity contribution in [1.29, 1.82) is 0 Å². The van der Waals surface area contributed by atoms with Crippen molar-refractivity contribution >= 4 is 23.4 Å². The monoisotopic (exact) mass is 364 g/mol. The number of hydrogen-bond donors (Lipinski definition) is 2. The Morgan fingerprint density at radius 1 is 1.07 bits per heavy atom. The number of aryl methyl sites for hydroxylation is 1. The first kappa shape index (κ1) is 18.2. The number of amides is 1. The molecular formula is C20H20N4O3. The minimum atomic E-state index is -0.567. The van der Waals surface area contributed by atoms with Gasteiger partial charge in [-0.15, -0.1) is 0 Å². The van der Waals surface area contributed by atoms with Gasteiger partial charge in [0.1, 0.15) is 5.82 Å². The Balaban J connectivity index is 1.66. The minimum absolute atomic E-state index is 0.373. The fourth-order valence-corrected chi connectivity index (χ4v) is 2.62. The lowest BCUT2D eigenvalue weighted by Gasteiger charge is -2.10. The molecular weight excluding hydrogens is 344 g/mol. The molecule has 1 heterocycles. The van der Waals surface area contributed by atoms with Gasteiger partial charge < -0.3 is 15.4 Å². The van der Waals surface area contributed by atoms with E-state index in [0.717, 1.165) is 11.4 Å². The van der Waals surface area contributed by atoms with Crippen molar-refractivity contribution in [3.05, 3.63) is 71.9 Å². The summed E-state index contributed by atoms with van der Waals surface area (Å²) >= 11 is 0. The molecule has 3 aromatic rings. The fourth-order valence-electron chi connectivity index (χ4n) is 2.62. The van der Waals surface area contributed by atoms with E-state index in [-0.39, 0.29) is 0 Å².